The molecule has 1 unspecified atom stereocenters. The van der Waals surface area contributed by atoms with E-state index in [1.165, 1.54) is 25.7 Å². The molecule has 2 fully saturated rings. The summed E-state index contributed by atoms with van der Waals surface area (Å²) < 4.78 is 0. The van der Waals surface area contributed by atoms with E-state index < -0.39 is 0 Å². The van der Waals surface area contributed by atoms with Crippen LogP contribution in [0.5, 0.6) is 0 Å². The van der Waals surface area contributed by atoms with Crippen molar-refractivity contribution < 1.29 is 4.79 Å². The standard InChI is InChI=1S/C14H26N2O/c1-4-5-12-15-10-13(17)16(12)11-6-8-14(2,3)9-7-11/h11-12,15H,4-10H2,1-3H3. The number of amides is 1. The quantitative estimate of drug-likeness (QED) is 0.819. The van der Waals surface area contributed by atoms with Gasteiger partial charge in [-0.05, 0) is 37.5 Å². The Morgan fingerprint density at radius 1 is 1.35 bits per heavy atom. The zero-order chi connectivity index (χ0) is 12.5. The molecule has 3 heteroatoms. The predicted molar refractivity (Wildman–Crippen MR) is 69.6 cm³/mol. The van der Waals surface area contributed by atoms with E-state index >= 15 is 0 Å². The third kappa shape index (κ3) is 2.82. The highest BCUT2D eigenvalue weighted by atomic mass is 16.2. The van der Waals surface area contributed by atoms with Crippen LogP contribution in [0.3, 0.4) is 0 Å². The van der Waals surface area contributed by atoms with Crippen LogP contribution in [0.2, 0.25) is 0 Å². The summed E-state index contributed by atoms with van der Waals surface area (Å²) in [6, 6.07) is 0.488. The molecule has 0 aromatic rings. The van der Waals surface area contributed by atoms with E-state index in [-0.39, 0.29) is 0 Å². The molecule has 1 amide bonds. The number of carbonyl (C=O) groups excluding carboxylic acids is 1. The van der Waals surface area contributed by atoms with Crippen molar-refractivity contribution in [2.45, 2.75) is 71.5 Å². The molecule has 3 nitrogen and oxygen atoms in total. The summed E-state index contributed by atoms with van der Waals surface area (Å²) in [5.74, 6) is 0.313. The predicted octanol–water partition coefficient (Wildman–Crippen LogP) is 2.51. The van der Waals surface area contributed by atoms with Crippen molar-refractivity contribution >= 4 is 5.91 Å². The smallest absolute Gasteiger partial charge is 0.238 e. The van der Waals surface area contributed by atoms with Crippen LogP contribution < -0.4 is 5.32 Å². The molecule has 2 aliphatic rings. The largest absolute Gasteiger partial charge is 0.323 e. The molecule has 1 saturated heterocycles. The minimum absolute atomic E-state index is 0.304. The molecule has 0 bridgehead atoms. The summed E-state index contributed by atoms with van der Waals surface area (Å²) >= 11 is 0. The van der Waals surface area contributed by atoms with Crippen LogP contribution in [0, 0.1) is 5.41 Å². The Labute approximate surface area is 105 Å². The third-order valence-corrected chi connectivity index (χ3v) is 4.38. The fourth-order valence-electron chi connectivity index (χ4n) is 3.20. The second-order valence-electron chi connectivity index (χ2n) is 6.38. The highest BCUT2D eigenvalue weighted by Crippen LogP contribution is 2.38. The number of hydrogen-bond donors (Lipinski definition) is 1. The summed E-state index contributed by atoms with van der Waals surface area (Å²) in [5.41, 5.74) is 0.479. The van der Waals surface area contributed by atoms with Crippen LogP contribution >= 0.6 is 0 Å². The molecule has 1 heterocycles. The Morgan fingerprint density at radius 2 is 2.00 bits per heavy atom. The van der Waals surface area contributed by atoms with Gasteiger partial charge in [0, 0.05) is 6.04 Å². The molecule has 1 atom stereocenters. The van der Waals surface area contributed by atoms with Crippen LogP contribution in [0.4, 0.5) is 0 Å². The first kappa shape index (κ1) is 12.9. The fraction of sp³-hybridized carbons (Fsp3) is 0.929. The first-order chi connectivity index (χ1) is 8.03. The highest BCUT2D eigenvalue weighted by molar-refractivity contribution is 5.81. The van der Waals surface area contributed by atoms with Gasteiger partial charge in [0.15, 0.2) is 0 Å². The van der Waals surface area contributed by atoms with Crippen molar-refractivity contribution in [1.82, 2.24) is 10.2 Å². The maximum Gasteiger partial charge on any atom is 0.238 e. The molecule has 2 rings (SSSR count). The van der Waals surface area contributed by atoms with Crippen LogP contribution in [-0.2, 0) is 4.79 Å². The molecule has 98 valence electrons. The van der Waals surface area contributed by atoms with Gasteiger partial charge in [-0.1, -0.05) is 27.2 Å². The summed E-state index contributed by atoms with van der Waals surface area (Å²) in [4.78, 5) is 14.1. The minimum Gasteiger partial charge on any atom is -0.323 e. The van der Waals surface area contributed by atoms with E-state index in [9.17, 15) is 4.79 Å². The fourth-order valence-corrected chi connectivity index (χ4v) is 3.20. The Bertz CT molecular complexity index is 278. The van der Waals surface area contributed by atoms with Crippen LogP contribution in [-0.4, -0.2) is 29.6 Å². The van der Waals surface area contributed by atoms with E-state index in [0.29, 0.717) is 30.1 Å². The van der Waals surface area contributed by atoms with E-state index in [1.807, 2.05) is 0 Å². The van der Waals surface area contributed by atoms with Crippen molar-refractivity contribution in [3.63, 3.8) is 0 Å². The third-order valence-electron chi connectivity index (χ3n) is 4.38. The Morgan fingerprint density at radius 3 is 2.59 bits per heavy atom. The van der Waals surface area contributed by atoms with Gasteiger partial charge in [0.2, 0.25) is 5.91 Å². The average molecular weight is 238 g/mol. The zero-order valence-corrected chi connectivity index (χ0v) is 11.5. The lowest BCUT2D eigenvalue weighted by atomic mass is 9.75. The number of nitrogens with one attached hydrogen (secondary N) is 1. The first-order valence-electron chi connectivity index (χ1n) is 7.08. The van der Waals surface area contributed by atoms with Gasteiger partial charge in [0.05, 0.1) is 12.7 Å². The molecule has 0 aromatic heterocycles. The minimum atomic E-state index is 0.304. The van der Waals surface area contributed by atoms with E-state index in [2.05, 4.69) is 31.0 Å². The molecule has 17 heavy (non-hydrogen) atoms. The summed E-state index contributed by atoms with van der Waals surface area (Å²) in [7, 11) is 0. The van der Waals surface area contributed by atoms with Gasteiger partial charge in [-0.2, -0.15) is 0 Å². The number of carbonyl (C=O) groups is 1. The van der Waals surface area contributed by atoms with Gasteiger partial charge in [-0.3, -0.25) is 10.1 Å². The molecule has 1 saturated carbocycles. The molecule has 1 aliphatic carbocycles. The van der Waals surface area contributed by atoms with Crippen molar-refractivity contribution in [1.29, 1.82) is 0 Å². The number of rotatable bonds is 3. The van der Waals surface area contributed by atoms with Gasteiger partial charge >= 0.3 is 0 Å². The van der Waals surface area contributed by atoms with E-state index in [1.54, 1.807) is 0 Å². The van der Waals surface area contributed by atoms with Crippen LogP contribution in [0.15, 0.2) is 0 Å². The maximum absolute atomic E-state index is 12.0. The van der Waals surface area contributed by atoms with Gasteiger partial charge in [-0.15, -0.1) is 0 Å². The lowest BCUT2D eigenvalue weighted by Crippen LogP contribution is -2.46. The van der Waals surface area contributed by atoms with Crippen LogP contribution in [0.25, 0.3) is 0 Å². The summed E-state index contributed by atoms with van der Waals surface area (Å²) in [6.45, 7) is 7.42. The first-order valence-corrected chi connectivity index (χ1v) is 7.08. The van der Waals surface area contributed by atoms with Crippen molar-refractivity contribution in [3.05, 3.63) is 0 Å². The summed E-state index contributed by atoms with van der Waals surface area (Å²) in [5, 5.41) is 3.35. The van der Waals surface area contributed by atoms with E-state index in [0.717, 1.165) is 12.8 Å². The molecule has 1 aliphatic heterocycles. The monoisotopic (exact) mass is 238 g/mol. The topological polar surface area (TPSA) is 32.3 Å². The second-order valence-corrected chi connectivity index (χ2v) is 6.38. The lowest BCUT2D eigenvalue weighted by molar-refractivity contribution is -0.131. The SMILES string of the molecule is CCCC1NCC(=O)N1C1CCC(C)(C)CC1. The molecular formula is C14H26N2O. The van der Waals surface area contributed by atoms with Gasteiger partial charge in [-0.25, -0.2) is 0 Å². The Balaban J connectivity index is 1.98. The van der Waals surface area contributed by atoms with Crippen LogP contribution in [0.1, 0.15) is 59.3 Å². The van der Waals surface area contributed by atoms with Gasteiger partial charge in [0.25, 0.3) is 0 Å². The van der Waals surface area contributed by atoms with Crippen molar-refractivity contribution in [3.8, 4) is 0 Å². The Kier molecular flexibility index (Phi) is 3.76. The average Bonchev–Trinajstić information content (AvgIpc) is 2.61. The molecule has 0 aromatic carbocycles. The van der Waals surface area contributed by atoms with Gasteiger partial charge in [0.1, 0.15) is 0 Å². The molecular weight excluding hydrogens is 212 g/mol. The highest BCUT2D eigenvalue weighted by Gasteiger charge is 2.38. The number of hydrogen-bond acceptors (Lipinski definition) is 2. The van der Waals surface area contributed by atoms with E-state index in [4.69, 9.17) is 0 Å². The van der Waals surface area contributed by atoms with Crippen molar-refractivity contribution in [2.24, 2.45) is 5.41 Å². The second kappa shape index (κ2) is 4.97. The lowest BCUT2D eigenvalue weighted by Gasteiger charge is -2.40. The number of nitrogens with zero attached hydrogens (tertiary/aromatic N) is 1. The Hall–Kier alpha value is -0.570. The molecule has 0 radical (unpaired) electrons. The maximum atomic E-state index is 12.0. The summed E-state index contributed by atoms with van der Waals surface area (Å²) in [6.07, 6.45) is 7.39. The molecule has 1 N–H and O–H groups in total. The molecule has 0 spiro atoms. The van der Waals surface area contributed by atoms with Gasteiger partial charge < -0.3 is 4.90 Å². The van der Waals surface area contributed by atoms with Crippen molar-refractivity contribution in [2.75, 3.05) is 6.54 Å². The normalized spacial score (nSPS) is 29.9. The zero-order valence-electron chi connectivity index (χ0n) is 11.5.